The van der Waals surface area contributed by atoms with E-state index in [1.54, 1.807) is 6.07 Å². The number of nitrogens with one attached hydrogen (secondary N) is 1. The van der Waals surface area contributed by atoms with Gasteiger partial charge in [-0.3, -0.25) is 4.79 Å². The van der Waals surface area contributed by atoms with E-state index in [4.69, 9.17) is 11.5 Å². The number of carbonyl (C=O) groups excluding carboxylic acids is 1. The molecule has 92 valence electrons. The third kappa shape index (κ3) is 2.80. The molecular weight excluding hydrogens is 230 g/mol. The van der Waals surface area contributed by atoms with Crippen LogP contribution in [0.5, 0.6) is 0 Å². The van der Waals surface area contributed by atoms with Crippen LogP contribution in [-0.2, 0) is 6.54 Å². The van der Waals surface area contributed by atoms with Crippen LogP contribution in [0.3, 0.4) is 0 Å². The van der Waals surface area contributed by atoms with E-state index in [9.17, 15) is 4.79 Å². The van der Waals surface area contributed by atoms with Crippen molar-refractivity contribution in [2.24, 2.45) is 11.5 Å². The molecule has 6 nitrogen and oxygen atoms in total. The Balaban J connectivity index is 2.15. The molecule has 0 spiro atoms. The zero-order valence-electron chi connectivity index (χ0n) is 9.63. The minimum Gasteiger partial charge on any atom is -0.364 e. The Bertz CT molecular complexity index is 553. The molecule has 1 aromatic heterocycles. The number of rotatable bonds is 4. The number of hydrogen-bond donors (Lipinski definition) is 3. The fraction of sp³-hybridized carbons (Fsp3) is 0.0833. The van der Waals surface area contributed by atoms with Crippen LogP contribution in [0.25, 0.3) is 0 Å². The molecule has 1 aromatic carbocycles. The molecule has 0 aliphatic heterocycles. The van der Waals surface area contributed by atoms with E-state index in [1.807, 2.05) is 24.3 Å². The normalized spacial score (nSPS) is 10.1. The van der Waals surface area contributed by atoms with E-state index in [-0.39, 0.29) is 5.69 Å². The van der Waals surface area contributed by atoms with E-state index in [2.05, 4.69) is 15.5 Å². The molecule has 0 aliphatic carbocycles. The SMILES string of the molecule is NCc1cccc(Nc2ccc(C(N)=O)nn2)c1. The van der Waals surface area contributed by atoms with Crippen molar-refractivity contribution in [3.05, 3.63) is 47.7 Å². The van der Waals surface area contributed by atoms with E-state index in [0.29, 0.717) is 12.4 Å². The summed E-state index contributed by atoms with van der Waals surface area (Å²) in [6.07, 6.45) is 0. The zero-order valence-corrected chi connectivity index (χ0v) is 9.63. The quantitative estimate of drug-likeness (QED) is 0.735. The van der Waals surface area contributed by atoms with E-state index >= 15 is 0 Å². The van der Waals surface area contributed by atoms with Crippen molar-refractivity contribution in [2.45, 2.75) is 6.54 Å². The van der Waals surface area contributed by atoms with Crippen molar-refractivity contribution in [1.29, 1.82) is 0 Å². The summed E-state index contributed by atoms with van der Waals surface area (Å²) in [5.74, 6) is -0.0617. The second kappa shape index (κ2) is 5.24. The third-order valence-corrected chi connectivity index (χ3v) is 2.35. The van der Waals surface area contributed by atoms with Gasteiger partial charge in [0.05, 0.1) is 0 Å². The fourth-order valence-corrected chi connectivity index (χ4v) is 1.45. The van der Waals surface area contributed by atoms with Gasteiger partial charge >= 0.3 is 0 Å². The first-order valence-corrected chi connectivity index (χ1v) is 5.38. The van der Waals surface area contributed by atoms with Gasteiger partial charge in [-0.25, -0.2) is 0 Å². The molecule has 5 N–H and O–H groups in total. The number of benzene rings is 1. The van der Waals surface area contributed by atoms with Gasteiger partial charge in [0.1, 0.15) is 0 Å². The number of nitrogens with zero attached hydrogens (tertiary/aromatic N) is 2. The summed E-state index contributed by atoms with van der Waals surface area (Å²) in [5.41, 5.74) is 12.6. The van der Waals surface area contributed by atoms with Gasteiger partial charge in [0.15, 0.2) is 11.5 Å². The van der Waals surface area contributed by atoms with Gasteiger partial charge in [0.2, 0.25) is 0 Å². The number of anilines is 2. The maximum Gasteiger partial charge on any atom is 0.269 e. The second-order valence-corrected chi connectivity index (χ2v) is 3.70. The van der Waals surface area contributed by atoms with E-state index in [1.165, 1.54) is 6.07 Å². The number of carbonyl (C=O) groups is 1. The van der Waals surface area contributed by atoms with Crippen LogP contribution >= 0.6 is 0 Å². The average Bonchev–Trinajstić information content (AvgIpc) is 2.39. The molecule has 0 saturated heterocycles. The summed E-state index contributed by atoms with van der Waals surface area (Å²) in [4.78, 5) is 10.8. The van der Waals surface area contributed by atoms with Gasteiger partial charge in [-0.2, -0.15) is 0 Å². The average molecular weight is 243 g/mol. The minimum atomic E-state index is -0.598. The zero-order chi connectivity index (χ0) is 13.0. The molecule has 0 bridgehead atoms. The lowest BCUT2D eigenvalue weighted by atomic mass is 10.2. The Hall–Kier alpha value is -2.47. The van der Waals surface area contributed by atoms with Crippen molar-refractivity contribution < 1.29 is 4.79 Å². The number of hydrogen-bond acceptors (Lipinski definition) is 5. The van der Waals surface area contributed by atoms with Crippen LogP contribution in [0.4, 0.5) is 11.5 Å². The lowest BCUT2D eigenvalue weighted by molar-refractivity contribution is 0.0994. The monoisotopic (exact) mass is 243 g/mol. The fourth-order valence-electron chi connectivity index (χ4n) is 1.45. The maximum atomic E-state index is 10.8. The van der Waals surface area contributed by atoms with Gasteiger partial charge in [-0.1, -0.05) is 12.1 Å². The van der Waals surface area contributed by atoms with Crippen LogP contribution in [0.15, 0.2) is 36.4 Å². The highest BCUT2D eigenvalue weighted by Crippen LogP contribution is 2.15. The molecule has 0 radical (unpaired) electrons. The molecule has 0 atom stereocenters. The van der Waals surface area contributed by atoms with Crippen molar-refractivity contribution in [3.8, 4) is 0 Å². The molecule has 18 heavy (non-hydrogen) atoms. The Morgan fingerprint density at radius 3 is 2.67 bits per heavy atom. The highest BCUT2D eigenvalue weighted by molar-refractivity contribution is 5.90. The number of primary amides is 1. The summed E-state index contributed by atoms with van der Waals surface area (Å²) in [6, 6.07) is 10.8. The van der Waals surface area contributed by atoms with Crippen LogP contribution in [0, 0.1) is 0 Å². The minimum absolute atomic E-state index is 0.135. The maximum absolute atomic E-state index is 10.8. The summed E-state index contributed by atoms with van der Waals surface area (Å²) in [6.45, 7) is 0.474. The molecule has 1 amide bonds. The number of aromatic nitrogens is 2. The molecular formula is C12H13N5O. The highest BCUT2D eigenvalue weighted by atomic mass is 16.1. The summed E-state index contributed by atoms with van der Waals surface area (Å²) >= 11 is 0. The van der Waals surface area contributed by atoms with Crippen molar-refractivity contribution in [2.75, 3.05) is 5.32 Å². The van der Waals surface area contributed by atoms with E-state index in [0.717, 1.165) is 11.3 Å². The van der Waals surface area contributed by atoms with Crippen LogP contribution in [0.1, 0.15) is 16.1 Å². The van der Waals surface area contributed by atoms with E-state index < -0.39 is 5.91 Å². The largest absolute Gasteiger partial charge is 0.364 e. The molecule has 2 rings (SSSR count). The Kier molecular flexibility index (Phi) is 3.49. The van der Waals surface area contributed by atoms with Crippen molar-refractivity contribution >= 4 is 17.4 Å². The second-order valence-electron chi connectivity index (χ2n) is 3.70. The molecule has 6 heteroatoms. The van der Waals surface area contributed by atoms with Gasteiger partial charge in [0, 0.05) is 12.2 Å². The standard InChI is InChI=1S/C12H13N5O/c13-7-8-2-1-3-9(6-8)15-11-5-4-10(12(14)18)16-17-11/h1-6H,7,13H2,(H2,14,18)(H,15,17). The van der Waals surface area contributed by atoms with Gasteiger partial charge in [0.25, 0.3) is 5.91 Å². The first-order valence-electron chi connectivity index (χ1n) is 5.38. The summed E-state index contributed by atoms with van der Waals surface area (Å²) in [7, 11) is 0. The molecule has 0 saturated carbocycles. The van der Waals surface area contributed by atoms with Crippen molar-refractivity contribution in [1.82, 2.24) is 10.2 Å². The molecule has 0 fully saturated rings. The topological polar surface area (TPSA) is 107 Å². The van der Waals surface area contributed by atoms with Crippen molar-refractivity contribution in [3.63, 3.8) is 0 Å². The van der Waals surface area contributed by atoms with Crippen LogP contribution in [-0.4, -0.2) is 16.1 Å². The summed E-state index contributed by atoms with van der Waals surface area (Å²) in [5, 5.41) is 10.6. The third-order valence-electron chi connectivity index (χ3n) is 2.35. The van der Waals surface area contributed by atoms with Gasteiger partial charge in [-0.15, -0.1) is 10.2 Å². The Morgan fingerprint density at radius 2 is 2.06 bits per heavy atom. The predicted octanol–water partition coefficient (Wildman–Crippen LogP) is 0.778. The Labute approximate surface area is 104 Å². The first-order chi connectivity index (χ1) is 8.69. The van der Waals surface area contributed by atoms with Gasteiger partial charge < -0.3 is 16.8 Å². The molecule has 1 heterocycles. The van der Waals surface area contributed by atoms with Crippen LogP contribution in [0.2, 0.25) is 0 Å². The highest BCUT2D eigenvalue weighted by Gasteiger charge is 2.03. The van der Waals surface area contributed by atoms with Gasteiger partial charge in [-0.05, 0) is 29.8 Å². The lowest BCUT2D eigenvalue weighted by Gasteiger charge is -2.06. The van der Waals surface area contributed by atoms with Crippen LogP contribution < -0.4 is 16.8 Å². The lowest BCUT2D eigenvalue weighted by Crippen LogP contribution is -2.13. The Morgan fingerprint density at radius 1 is 1.22 bits per heavy atom. The number of nitrogens with two attached hydrogens (primary N) is 2. The predicted molar refractivity (Wildman–Crippen MR) is 68.2 cm³/mol. The molecule has 2 aromatic rings. The number of amides is 1. The first kappa shape index (κ1) is 12.0. The molecule has 0 unspecified atom stereocenters. The smallest absolute Gasteiger partial charge is 0.269 e. The summed E-state index contributed by atoms with van der Waals surface area (Å²) < 4.78 is 0. The molecule has 0 aliphatic rings.